The van der Waals surface area contributed by atoms with Gasteiger partial charge in [0.05, 0.1) is 18.3 Å². The molecule has 1 heterocycles. The van der Waals surface area contributed by atoms with Crippen molar-refractivity contribution < 1.29 is 0 Å². The summed E-state index contributed by atoms with van der Waals surface area (Å²) in [5.41, 5.74) is 3.48. The van der Waals surface area contributed by atoms with Crippen LogP contribution in [0.3, 0.4) is 0 Å². The average molecular weight is 292 g/mol. The van der Waals surface area contributed by atoms with Crippen LogP contribution in [0.4, 0.5) is 0 Å². The van der Waals surface area contributed by atoms with Gasteiger partial charge in [-0.2, -0.15) is 5.10 Å². The topological polar surface area (TPSA) is 34.9 Å². The summed E-state index contributed by atoms with van der Waals surface area (Å²) in [5.74, 6) is 0. The van der Waals surface area contributed by atoms with Gasteiger partial charge in [-0.15, -0.1) is 0 Å². The van der Waals surface area contributed by atoms with Crippen molar-refractivity contribution >= 4 is 10.9 Å². The maximum atomic E-state index is 11.9. The number of benzene rings is 2. The number of hydrogen-bond donors (Lipinski definition) is 0. The SMILES string of the molecule is CC(C)(C)c1ccc(Cn2ncc(=O)c3ccccc32)cc1. The molecule has 0 radical (unpaired) electrons. The molecule has 0 bridgehead atoms. The van der Waals surface area contributed by atoms with E-state index in [1.165, 1.54) is 17.3 Å². The van der Waals surface area contributed by atoms with Gasteiger partial charge >= 0.3 is 0 Å². The number of nitrogens with zero attached hydrogens (tertiary/aromatic N) is 2. The van der Waals surface area contributed by atoms with Crippen LogP contribution in [-0.2, 0) is 12.0 Å². The number of aromatic nitrogens is 2. The Hall–Kier alpha value is -2.42. The first-order valence-corrected chi connectivity index (χ1v) is 7.49. The lowest BCUT2D eigenvalue weighted by molar-refractivity contribution is 0.589. The van der Waals surface area contributed by atoms with E-state index in [-0.39, 0.29) is 10.8 Å². The fourth-order valence-corrected chi connectivity index (χ4v) is 2.57. The van der Waals surface area contributed by atoms with Crippen LogP contribution < -0.4 is 5.43 Å². The molecule has 3 nitrogen and oxygen atoms in total. The number of rotatable bonds is 2. The second-order valence-electron chi connectivity index (χ2n) is 6.63. The number of para-hydroxylation sites is 1. The summed E-state index contributed by atoms with van der Waals surface area (Å²) in [6, 6.07) is 16.2. The van der Waals surface area contributed by atoms with Gasteiger partial charge in [0, 0.05) is 5.39 Å². The molecule has 3 aromatic rings. The molecule has 0 atom stereocenters. The lowest BCUT2D eigenvalue weighted by atomic mass is 9.87. The molecular weight excluding hydrogens is 272 g/mol. The van der Waals surface area contributed by atoms with E-state index >= 15 is 0 Å². The van der Waals surface area contributed by atoms with E-state index in [1.54, 1.807) is 0 Å². The summed E-state index contributed by atoms with van der Waals surface area (Å²) in [6.07, 6.45) is 1.39. The fourth-order valence-electron chi connectivity index (χ4n) is 2.57. The second-order valence-corrected chi connectivity index (χ2v) is 6.63. The van der Waals surface area contributed by atoms with Gasteiger partial charge in [-0.05, 0) is 28.7 Å². The molecule has 22 heavy (non-hydrogen) atoms. The Morgan fingerprint density at radius 3 is 2.36 bits per heavy atom. The van der Waals surface area contributed by atoms with Crippen LogP contribution >= 0.6 is 0 Å². The second kappa shape index (κ2) is 5.41. The van der Waals surface area contributed by atoms with E-state index in [0.29, 0.717) is 11.9 Å². The Morgan fingerprint density at radius 2 is 1.68 bits per heavy atom. The molecular formula is C19H20N2O. The standard InChI is InChI=1S/C19H20N2O/c1-19(2,3)15-10-8-14(9-11-15)13-21-17-7-5-4-6-16(17)18(22)12-20-21/h4-12H,13H2,1-3H3. The molecule has 0 aliphatic heterocycles. The van der Waals surface area contributed by atoms with E-state index in [1.807, 2.05) is 28.9 Å². The van der Waals surface area contributed by atoms with Gasteiger partial charge in [-0.3, -0.25) is 9.48 Å². The summed E-state index contributed by atoms with van der Waals surface area (Å²) in [6.45, 7) is 7.28. The van der Waals surface area contributed by atoms with E-state index in [0.717, 1.165) is 5.52 Å². The highest BCUT2D eigenvalue weighted by Crippen LogP contribution is 2.22. The van der Waals surface area contributed by atoms with Crippen LogP contribution in [-0.4, -0.2) is 9.78 Å². The van der Waals surface area contributed by atoms with Crippen LogP contribution in [0.15, 0.2) is 59.5 Å². The van der Waals surface area contributed by atoms with Gasteiger partial charge in [0.15, 0.2) is 0 Å². The van der Waals surface area contributed by atoms with Crippen molar-refractivity contribution in [3.8, 4) is 0 Å². The lowest BCUT2D eigenvalue weighted by Gasteiger charge is -2.19. The number of fused-ring (bicyclic) bond motifs is 1. The number of hydrogen-bond acceptors (Lipinski definition) is 2. The Bertz CT molecular complexity index is 855. The summed E-state index contributed by atoms with van der Waals surface area (Å²) in [7, 11) is 0. The summed E-state index contributed by atoms with van der Waals surface area (Å²) < 4.78 is 1.88. The van der Waals surface area contributed by atoms with Gasteiger partial charge in [-0.1, -0.05) is 57.2 Å². The lowest BCUT2D eigenvalue weighted by Crippen LogP contribution is -2.13. The summed E-state index contributed by atoms with van der Waals surface area (Å²) >= 11 is 0. The third-order valence-electron chi connectivity index (χ3n) is 3.91. The largest absolute Gasteiger partial charge is 0.287 e. The fraction of sp³-hybridized carbons (Fsp3) is 0.263. The van der Waals surface area contributed by atoms with Crippen LogP contribution in [0.2, 0.25) is 0 Å². The first-order valence-electron chi connectivity index (χ1n) is 7.49. The molecule has 0 aliphatic rings. The maximum Gasteiger partial charge on any atom is 0.207 e. The third kappa shape index (κ3) is 2.80. The minimum absolute atomic E-state index is 0.0325. The van der Waals surface area contributed by atoms with E-state index in [9.17, 15) is 4.79 Å². The van der Waals surface area contributed by atoms with Crippen molar-refractivity contribution in [3.05, 3.63) is 76.1 Å². The average Bonchev–Trinajstić information content (AvgIpc) is 2.50. The minimum atomic E-state index is -0.0325. The molecule has 0 amide bonds. The van der Waals surface area contributed by atoms with Gasteiger partial charge in [0.1, 0.15) is 0 Å². The molecule has 0 spiro atoms. The Balaban J connectivity index is 1.97. The quantitative estimate of drug-likeness (QED) is 0.721. The molecule has 3 rings (SSSR count). The molecule has 1 aromatic heterocycles. The predicted octanol–water partition coefficient (Wildman–Crippen LogP) is 3.74. The van der Waals surface area contributed by atoms with Gasteiger partial charge in [-0.25, -0.2) is 0 Å². The van der Waals surface area contributed by atoms with E-state index in [2.05, 4.69) is 50.1 Å². The maximum absolute atomic E-state index is 11.9. The molecule has 0 N–H and O–H groups in total. The van der Waals surface area contributed by atoms with E-state index < -0.39 is 0 Å². The predicted molar refractivity (Wildman–Crippen MR) is 90.2 cm³/mol. The van der Waals surface area contributed by atoms with Gasteiger partial charge in [0.25, 0.3) is 0 Å². The molecule has 2 aromatic carbocycles. The Kier molecular flexibility index (Phi) is 3.57. The highest BCUT2D eigenvalue weighted by atomic mass is 16.1. The van der Waals surface area contributed by atoms with Crippen molar-refractivity contribution in [2.24, 2.45) is 0 Å². The molecule has 0 aliphatic carbocycles. The Labute approximate surface area is 130 Å². The molecule has 0 fully saturated rings. The summed E-state index contributed by atoms with van der Waals surface area (Å²) in [5, 5.41) is 4.99. The summed E-state index contributed by atoms with van der Waals surface area (Å²) in [4.78, 5) is 11.9. The van der Waals surface area contributed by atoms with Crippen LogP contribution in [0.25, 0.3) is 10.9 Å². The molecule has 0 unspecified atom stereocenters. The molecule has 3 heteroatoms. The zero-order valence-electron chi connectivity index (χ0n) is 13.2. The van der Waals surface area contributed by atoms with Crippen molar-refractivity contribution in [2.45, 2.75) is 32.7 Å². The normalized spacial score (nSPS) is 11.8. The van der Waals surface area contributed by atoms with Gasteiger partial charge < -0.3 is 0 Å². The van der Waals surface area contributed by atoms with Crippen molar-refractivity contribution in [1.82, 2.24) is 9.78 Å². The van der Waals surface area contributed by atoms with Crippen molar-refractivity contribution in [3.63, 3.8) is 0 Å². The highest BCUT2D eigenvalue weighted by Gasteiger charge is 2.13. The Morgan fingerprint density at radius 1 is 1.00 bits per heavy atom. The van der Waals surface area contributed by atoms with Crippen LogP contribution in [0.5, 0.6) is 0 Å². The van der Waals surface area contributed by atoms with Gasteiger partial charge in [0.2, 0.25) is 5.43 Å². The monoisotopic (exact) mass is 292 g/mol. The molecule has 112 valence electrons. The zero-order chi connectivity index (χ0) is 15.7. The van der Waals surface area contributed by atoms with Crippen LogP contribution in [0, 0.1) is 0 Å². The van der Waals surface area contributed by atoms with Crippen LogP contribution in [0.1, 0.15) is 31.9 Å². The highest BCUT2D eigenvalue weighted by molar-refractivity contribution is 5.77. The first kappa shape index (κ1) is 14.5. The molecule has 0 saturated heterocycles. The first-order chi connectivity index (χ1) is 10.4. The zero-order valence-corrected chi connectivity index (χ0v) is 13.2. The third-order valence-corrected chi connectivity index (χ3v) is 3.91. The molecule has 0 saturated carbocycles. The van der Waals surface area contributed by atoms with E-state index in [4.69, 9.17) is 0 Å². The minimum Gasteiger partial charge on any atom is -0.287 e. The van der Waals surface area contributed by atoms with Crippen molar-refractivity contribution in [1.29, 1.82) is 0 Å². The van der Waals surface area contributed by atoms with Crippen molar-refractivity contribution in [2.75, 3.05) is 0 Å². The smallest absolute Gasteiger partial charge is 0.207 e.